The van der Waals surface area contributed by atoms with Crippen molar-refractivity contribution in [2.75, 3.05) is 12.9 Å². The van der Waals surface area contributed by atoms with Gasteiger partial charge in [-0.05, 0) is 12.5 Å². The van der Waals surface area contributed by atoms with Gasteiger partial charge >= 0.3 is 5.97 Å². The van der Waals surface area contributed by atoms with Crippen LogP contribution in [0, 0.1) is 21.4 Å². The molecule has 3 atom stereocenters. The van der Waals surface area contributed by atoms with Gasteiger partial charge in [-0.15, -0.1) is 0 Å². The molecule has 3 rings (SSSR count). The predicted molar refractivity (Wildman–Crippen MR) is 119 cm³/mol. The summed E-state index contributed by atoms with van der Waals surface area (Å²) in [6.45, 7) is 1.44. The molecule has 0 heterocycles. The first-order valence-electron chi connectivity index (χ1n) is 10.1. The van der Waals surface area contributed by atoms with Crippen LogP contribution in [0.15, 0.2) is 65.9 Å². The summed E-state index contributed by atoms with van der Waals surface area (Å²) in [5.41, 5.74) is -0.688. The van der Waals surface area contributed by atoms with Crippen LogP contribution in [0.4, 0.5) is 5.69 Å². The van der Waals surface area contributed by atoms with Gasteiger partial charge in [-0.3, -0.25) is 10.1 Å². The van der Waals surface area contributed by atoms with E-state index >= 15 is 0 Å². The minimum atomic E-state index is -4.32. The molecule has 172 valence electrons. The van der Waals surface area contributed by atoms with Crippen molar-refractivity contribution in [2.24, 2.45) is 0 Å². The molecule has 0 spiro atoms. The molecule has 1 N–H and O–H groups in total. The van der Waals surface area contributed by atoms with E-state index in [0.29, 0.717) is 5.56 Å². The summed E-state index contributed by atoms with van der Waals surface area (Å²) >= 11 is 0. The molecule has 2 aromatic carbocycles. The van der Waals surface area contributed by atoms with Crippen LogP contribution in [-0.2, 0) is 19.4 Å². The average Bonchev–Trinajstić information content (AvgIpc) is 2.78. The summed E-state index contributed by atoms with van der Waals surface area (Å²) in [4.78, 5) is 24.0. The second-order valence-electron chi connectivity index (χ2n) is 7.67. The number of benzene rings is 2. The number of hydrogen-bond donors (Lipinski definition) is 1. The fourth-order valence-corrected chi connectivity index (χ4v) is 6.09. The zero-order chi connectivity index (χ0) is 24.4. The number of ether oxygens (including phenoxy) is 1. The number of nitriles is 1. The molecule has 2 aromatic rings. The highest BCUT2D eigenvalue weighted by Crippen LogP contribution is 2.56. The first-order valence-corrected chi connectivity index (χ1v) is 12.0. The van der Waals surface area contributed by atoms with E-state index in [9.17, 15) is 33.7 Å². The third kappa shape index (κ3) is 3.96. The van der Waals surface area contributed by atoms with Gasteiger partial charge in [-0.1, -0.05) is 48.5 Å². The van der Waals surface area contributed by atoms with E-state index in [1.807, 2.05) is 6.07 Å². The summed E-state index contributed by atoms with van der Waals surface area (Å²) in [5.74, 6) is -4.29. The van der Waals surface area contributed by atoms with Gasteiger partial charge in [0, 0.05) is 30.2 Å². The second-order valence-corrected chi connectivity index (χ2v) is 9.89. The Hall–Kier alpha value is -3.71. The van der Waals surface area contributed by atoms with Gasteiger partial charge in [0.1, 0.15) is 5.76 Å². The van der Waals surface area contributed by atoms with Crippen molar-refractivity contribution in [3.8, 4) is 6.07 Å². The predicted octanol–water partition coefficient (Wildman–Crippen LogP) is 3.55. The molecule has 0 radical (unpaired) electrons. The number of nitro benzene ring substituents is 1. The van der Waals surface area contributed by atoms with Gasteiger partial charge in [-0.2, -0.15) is 5.26 Å². The highest BCUT2D eigenvalue weighted by molar-refractivity contribution is 7.92. The number of allylic oxidation sites excluding steroid dienone is 1. The Morgan fingerprint density at radius 2 is 1.85 bits per heavy atom. The Morgan fingerprint density at radius 1 is 1.24 bits per heavy atom. The lowest BCUT2D eigenvalue weighted by Crippen LogP contribution is -2.52. The zero-order valence-corrected chi connectivity index (χ0v) is 18.8. The largest absolute Gasteiger partial charge is 0.512 e. The third-order valence-corrected chi connectivity index (χ3v) is 7.71. The standard InChI is InChI=1S/C23H22N2O7S/c1-3-32-22(27)20-19(26)13-17(15-9-5-4-6-10-15)23(14-24,33(2,30)31)21(20)16-11-7-8-12-18(16)25(28)29/h4-12,17,21,26H,3,13H2,1-2H3. The van der Waals surface area contributed by atoms with Crippen LogP contribution in [0.1, 0.15) is 36.3 Å². The van der Waals surface area contributed by atoms with E-state index in [2.05, 4.69) is 0 Å². The zero-order valence-electron chi connectivity index (χ0n) is 18.0. The number of sulfone groups is 1. The van der Waals surface area contributed by atoms with Gasteiger partial charge in [-0.25, -0.2) is 13.2 Å². The van der Waals surface area contributed by atoms with Gasteiger partial charge in [0.05, 0.1) is 29.1 Å². The second kappa shape index (κ2) is 9.03. The molecule has 10 heteroatoms. The molecule has 1 aliphatic carbocycles. The Morgan fingerprint density at radius 3 is 2.39 bits per heavy atom. The Balaban J connectivity index is 2.50. The number of esters is 1. The summed E-state index contributed by atoms with van der Waals surface area (Å²) in [7, 11) is -4.32. The maximum atomic E-state index is 13.4. The lowest BCUT2D eigenvalue weighted by molar-refractivity contribution is -0.385. The van der Waals surface area contributed by atoms with Crippen LogP contribution in [-0.4, -0.2) is 42.0 Å². The lowest BCUT2D eigenvalue weighted by Gasteiger charge is -2.43. The molecule has 0 aromatic heterocycles. The molecule has 0 fully saturated rings. The van der Waals surface area contributed by atoms with Crippen molar-refractivity contribution in [3.63, 3.8) is 0 Å². The number of aliphatic hydroxyl groups is 1. The van der Waals surface area contributed by atoms with E-state index in [1.165, 1.54) is 25.1 Å². The molecule has 0 saturated heterocycles. The smallest absolute Gasteiger partial charge is 0.338 e. The van der Waals surface area contributed by atoms with Crippen molar-refractivity contribution in [1.82, 2.24) is 0 Å². The monoisotopic (exact) mass is 470 g/mol. The summed E-state index contributed by atoms with van der Waals surface area (Å²) < 4.78 is 29.5. The van der Waals surface area contributed by atoms with Crippen molar-refractivity contribution >= 4 is 21.5 Å². The van der Waals surface area contributed by atoms with Crippen LogP contribution in [0.5, 0.6) is 0 Å². The van der Waals surface area contributed by atoms with Gasteiger partial charge < -0.3 is 9.84 Å². The average molecular weight is 471 g/mol. The van der Waals surface area contributed by atoms with E-state index in [4.69, 9.17) is 4.74 Å². The van der Waals surface area contributed by atoms with Crippen molar-refractivity contribution in [1.29, 1.82) is 5.26 Å². The first-order chi connectivity index (χ1) is 15.6. The molecule has 9 nitrogen and oxygen atoms in total. The number of rotatable bonds is 6. The minimum absolute atomic E-state index is 0.0836. The fraction of sp³-hybridized carbons (Fsp3) is 0.304. The molecule has 0 saturated carbocycles. The Bertz CT molecular complexity index is 1270. The van der Waals surface area contributed by atoms with Crippen molar-refractivity contribution in [3.05, 3.63) is 87.2 Å². The van der Waals surface area contributed by atoms with Crippen LogP contribution < -0.4 is 0 Å². The molecule has 33 heavy (non-hydrogen) atoms. The molecular formula is C23H22N2O7S. The Labute approximate surface area is 191 Å². The van der Waals surface area contributed by atoms with Crippen LogP contribution in [0.25, 0.3) is 0 Å². The lowest BCUT2D eigenvalue weighted by atomic mass is 9.65. The van der Waals surface area contributed by atoms with Gasteiger partial charge in [0.15, 0.2) is 14.6 Å². The number of carbonyl (C=O) groups excluding carboxylic acids is 1. The molecule has 0 amide bonds. The highest BCUT2D eigenvalue weighted by Gasteiger charge is 2.62. The normalized spacial score (nSPS) is 22.9. The first kappa shape index (κ1) is 23.9. The van der Waals surface area contributed by atoms with Crippen LogP contribution >= 0.6 is 0 Å². The highest BCUT2D eigenvalue weighted by atomic mass is 32.2. The molecular weight excluding hydrogens is 448 g/mol. The maximum absolute atomic E-state index is 13.4. The van der Waals surface area contributed by atoms with E-state index in [-0.39, 0.29) is 18.6 Å². The summed E-state index contributed by atoms with van der Waals surface area (Å²) in [5, 5.41) is 33.2. The molecule has 0 bridgehead atoms. The van der Waals surface area contributed by atoms with Crippen LogP contribution in [0.3, 0.4) is 0 Å². The number of aliphatic hydroxyl groups excluding tert-OH is 1. The Kier molecular flexibility index (Phi) is 6.56. The van der Waals surface area contributed by atoms with Crippen molar-refractivity contribution in [2.45, 2.75) is 29.9 Å². The number of nitro groups is 1. The molecule has 3 unspecified atom stereocenters. The maximum Gasteiger partial charge on any atom is 0.338 e. The van der Waals surface area contributed by atoms with Gasteiger partial charge in [0.2, 0.25) is 0 Å². The number of carbonyl (C=O) groups is 1. The summed E-state index contributed by atoms with van der Waals surface area (Å²) in [6.07, 6.45) is 0.523. The number of hydrogen-bond acceptors (Lipinski definition) is 8. The van der Waals surface area contributed by atoms with Gasteiger partial charge in [0.25, 0.3) is 5.69 Å². The third-order valence-electron chi connectivity index (χ3n) is 5.87. The van der Waals surface area contributed by atoms with E-state index < -0.39 is 54.3 Å². The quantitative estimate of drug-likeness (QED) is 0.383. The SMILES string of the molecule is CCOC(=O)C1=C(O)CC(c2ccccc2)C(C#N)(S(C)(=O)=O)C1c1ccccc1[N+](=O)[O-]. The minimum Gasteiger partial charge on any atom is -0.512 e. The number of nitrogens with zero attached hydrogens (tertiary/aromatic N) is 2. The fourth-order valence-electron chi connectivity index (χ4n) is 4.51. The van der Waals surface area contributed by atoms with Crippen molar-refractivity contribution < 1.29 is 28.0 Å². The summed E-state index contributed by atoms with van der Waals surface area (Å²) in [6, 6.07) is 15.4. The van der Waals surface area contributed by atoms with E-state index in [1.54, 1.807) is 30.3 Å². The molecule has 1 aliphatic rings. The van der Waals surface area contributed by atoms with E-state index in [0.717, 1.165) is 12.3 Å². The molecule has 0 aliphatic heterocycles. The number of para-hydroxylation sites is 1. The van der Waals surface area contributed by atoms with Crippen LogP contribution in [0.2, 0.25) is 0 Å². The topological polar surface area (TPSA) is 148 Å².